The summed E-state index contributed by atoms with van der Waals surface area (Å²) >= 11 is 1.50. The van der Waals surface area contributed by atoms with Crippen molar-refractivity contribution in [3.8, 4) is 0 Å². The highest BCUT2D eigenvalue weighted by molar-refractivity contribution is 7.15. The number of halogens is 1. The molecule has 0 aromatic carbocycles. The first kappa shape index (κ1) is 16.4. The van der Waals surface area contributed by atoms with Gasteiger partial charge in [0, 0.05) is 24.3 Å². The molecule has 5 nitrogen and oxygen atoms in total. The number of rotatable bonds is 3. The van der Waals surface area contributed by atoms with Gasteiger partial charge in [0.05, 0.1) is 0 Å². The van der Waals surface area contributed by atoms with E-state index in [1.807, 2.05) is 0 Å². The van der Waals surface area contributed by atoms with Crippen LogP contribution in [0.2, 0.25) is 0 Å². The lowest BCUT2D eigenvalue weighted by molar-refractivity contribution is -0.124. The molecule has 7 heteroatoms. The summed E-state index contributed by atoms with van der Waals surface area (Å²) in [5.74, 6) is 0.263. The van der Waals surface area contributed by atoms with Gasteiger partial charge in [-0.3, -0.25) is 4.79 Å². The Labute approximate surface area is 123 Å². The maximum Gasteiger partial charge on any atom is 0.246 e. The summed E-state index contributed by atoms with van der Waals surface area (Å²) in [6.45, 7) is 5.28. The highest BCUT2D eigenvalue weighted by Gasteiger charge is 2.36. The van der Waals surface area contributed by atoms with Crippen LogP contribution in [-0.4, -0.2) is 29.6 Å². The van der Waals surface area contributed by atoms with Crippen molar-refractivity contribution in [2.75, 3.05) is 18.5 Å². The van der Waals surface area contributed by atoms with Crippen molar-refractivity contribution in [3.63, 3.8) is 0 Å². The second kappa shape index (κ2) is 6.65. The van der Waals surface area contributed by atoms with Crippen LogP contribution in [-0.2, 0) is 9.53 Å². The van der Waals surface area contributed by atoms with Crippen LogP contribution in [0.3, 0.4) is 0 Å². The van der Waals surface area contributed by atoms with Gasteiger partial charge in [-0.2, -0.15) is 0 Å². The highest BCUT2D eigenvalue weighted by atomic mass is 35.5. The van der Waals surface area contributed by atoms with E-state index in [0.29, 0.717) is 37.1 Å². The summed E-state index contributed by atoms with van der Waals surface area (Å²) in [5, 5.41) is 3.44. The number of hydrogen-bond donors (Lipinski definition) is 2. The average Bonchev–Trinajstić information content (AvgIpc) is 2.78. The largest absolute Gasteiger partial charge is 0.381 e. The van der Waals surface area contributed by atoms with Crippen molar-refractivity contribution in [1.29, 1.82) is 0 Å². The predicted molar refractivity (Wildman–Crippen MR) is 79.1 cm³/mol. The third-order valence-electron chi connectivity index (χ3n) is 3.15. The third kappa shape index (κ3) is 3.89. The minimum Gasteiger partial charge on any atom is -0.381 e. The van der Waals surface area contributed by atoms with Gasteiger partial charge in [-0.1, -0.05) is 13.8 Å². The monoisotopic (exact) mass is 305 g/mol. The van der Waals surface area contributed by atoms with Crippen molar-refractivity contribution >= 4 is 34.8 Å². The van der Waals surface area contributed by atoms with E-state index >= 15 is 0 Å². The summed E-state index contributed by atoms with van der Waals surface area (Å²) < 4.78 is 5.23. The molecule has 1 aliphatic heterocycles. The quantitative estimate of drug-likeness (QED) is 0.897. The smallest absolute Gasteiger partial charge is 0.246 e. The Bertz CT molecular complexity index is 430. The van der Waals surface area contributed by atoms with Crippen molar-refractivity contribution in [3.05, 3.63) is 11.1 Å². The molecule has 0 bridgehead atoms. The number of carbonyl (C=O) groups excluding carboxylic acids is 1. The van der Waals surface area contributed by atoms with E-state index < -0.39 is 5.54 Å². The molecule has 1 fully saturated rings. The first-order valence-electron chi connectivity index (χ1n) is 6.15. The third-order valence-corrected chi connectivity index (χ3v) is 4.36. The zero-order valence-corrected chi connectivity index (χ0v) is 12.8. The fraction of sp³-hybridized carbons (Fsp3) is 0.667. The van der Waals surface area contributed by atoms with Crippen LogP contribution < -0.4 is 11.1 Å². The molecule has 3 N–H and O–H groups in total. The standard InChI is InChI=1S/C12H19N3O2S.ClH/c1-8(2)9-7-14-11(18-9)15-10(16)12(13)3-5-17-6-4-12;/h7-8H,3-6,13H2,1-2H3,(H,14,15,16);1H. The number of nitrogens with one attached hydrogen (secondary N) is 1. The van der Waals surface area contributed by atoms with Crippen LogP contribution in [0.1, 0.15) is 37.5 Å². The molecule has 19 heavy (non-hydrogen) atoms. The molecule has 1 amide bonds. The van der Waals surface area contributed by atoms with Gasteiger partial charge in [0.15, 0.2) is 5.13 Å². The number of anilines is 1. The minimum atomic E-state index is -0.818. The lowest BCUT2D eigenvalue weighted by Gasteiger charge is -2.31. The van der Waals surface area contributed by atoms with Crippen LogP contribution in [0.15, 0.2) is 6.20 Å². The van der Waals surface area contributed by atoms with Crippen molar-refractivity contribution in [1.82, 2.24) is 4.98 Å². The summed E-state index contributed by atoms with van der Waals surface area (Å²) in [5.41, 5.74) is 5.28. The summed E-state index contributed by atoms with van der Waals surface area (Å²) in [6.07, 6.45) is 2.92. The molecular weight excluding hydrogens is 286 g/mol. The lowest BCUT2D eigenvalue weighted by atomic mass is 9.90. The number of aromatic nitrogens is 1. The summed E-state index contributed by atoms with van der Waals surface area (Å²) in [7, 11) is 0. The number of nitrogens with two attached hydrogens (primary N) is 1. The summed E-state index contributed by atoms with van der Waals surface area (Å²) in [6, 6.07) is 0. The zero-order valence-electron chi connectivity index (χ0n) is 11.1. The van der Waals surface area contributed by atoms with Crippen molar-refractivity contribution in [2.45, 2.75) is 38.1 Å². The molecule has 0 aliphatic carbocycles. The van der Waals surface area contributed by atoms with Crippen LogP contribution in [0.25, 0.3) is 0 Å². The SMILES string of the molecule is CC(C)c1cnc(NC(=O)C2(N)CCOCC2)s1.Cl. The van der Waals surface area contributed by atoms with E-state index in [0.717, 1.165) is 4.88 Å². The van der Waals surface area contributed by atoms with E-state index in [1.54, 1.807) is 6.20 Å². The zero-order chi connectivity index (χ0) is 13.2. The van der Waals surface area contributed by atoms with E-state index in [2.05, 4.69) is 24.1 Å². The Morgan fingerprint density at radius 3 is 2.68 bits per heavy atom. The Balaban J connectivity index is 0.00000180. The van der Waals surface area contributed by atoms with Gasteiger partial charge in [0.2, 0.25) is 5.91 Å². The Morgan fingerprint density at radius 1 is 1.53 bits per heavy atom. The molecule has 1 aromatic heterocycles. The molecule has 0 saturated carbocycles. The minimum absolute atomic E-state index is 0. The molecule has 0 spiro atoms. The number of carbonyl (C=O) groups is 1. The molecule has 1 saturated heterocycles. The molecule has 2 heterocycles. The molecule has 0 atom stereocenters. The second-order valence-electron chi connectivity index (χ2n) is 4.95. The molecule has 108 valence electrons. The Kier molecular flexibility index (Phi) is 5.73. The number of ether oxygens (including phenoxy) is 1. The molecule has 2 rings (SSSR count). The number of hydrogen-bond acceptors (Lipinski definition) is 5. The van der Waals surface area contributed by atoms with Gasteiger partial charge in [-0.15, -0.1) is 23.7 Å². The molecule has 0 unspecified atom stereocenters. The van der Waals surface area contributed by atoms with Crippen LogP contribution in [0, 0.1) is 0 Å². The first-order valence-corrected chi connectivity index (χ1v) is 6.97. The number of nitrogens with zero attached hydrogens (tertiary/aromatic N) is 1. The van der Waals surface area contributed by atoms with E-state index in [9.17, 15) is 4.79 Å². The van der Waals surface area contributed by atoms with Crippen molar-refractivity contribution < 1.29 is 9.53 Å². The van der Waals surface area contributed by atoms with Gasteiger partial charge >= 0.3 is 0 Å². The van der Waals surface area contributed by atoms with Crippen LogP contribution >= 0.6 is 23.7 Å². The van der Waals surface area contributed by atoms with Gasteiger partial charge in [-0.25, -0.2) is 4.98 Å². The van der Waals surface area contributed by atoms with Gasteiger partial charge in [0.1, 0.15) is 5.54 Å². The highest BCUT2D eigenvalue weighted by Crippen LogP contribution is 2.26. The molecule has 1 aliphatic rings. The van der Waals surface area contributed by atoms with Crippen molar-refractivity contribution in [2.24, 2.45) is 5.73 Å². The maximum atomic E-state index is 12.1. The number of thiazole rings is 1. The maximum absolute atomic E-state index is 12.1. The fourth-order valence-corrected chi connectivity index (χ4v) is 2.61. The Hall–Kier alpha value is -0.690. The second-order valence-corrected chi connectivity index (χ2v) is 6.01. The van der Waals surface area contributed by atoms with E-state index in [1.165, 1.54) is 11.3 Å². The summed E-state index contributed by atoms with van der Waals surface area (Å²) in [4.78, 5) is 17.5. The van der Waals surface area contributed by atoms with Gasteiger partial charge < -0.3 is 15.8 Å². The van der Waals surface area contributed by atoms with E-state index in [-0.39, 0.29) is 18.3 Å². The molecule has 1 aromatic rings. The topological polar surface area (TPSA) is 77.2 Å². The number of amides is 1. The fourth-order valence-electron chi connectivity index (χ4n) is 1.80. The Morgan fingerprint density at radius 2 is 2.16 bits per heavy atom. The normalized spacial score (nSPS) is 17.9. The average molecular weight is 306 g/mol. The van der Waals surface area contributed by atoms with E-state index in [4.69, 9.17) is 10.5 Å². The van der Waals surface area contributed by atoms with Gasteiger partial charge in [-0.05, 0) is 18.8 Å². The molecule has 0 radical (unpaired) electrons. The van der Waals surface area contributed by atoms with Crippen LogP contribution in [0.4, 0.5) is 5.13 Å². The first-order chi connectivity index (χ1) is 8.51. The van der Waals surface area contributed by atoms with Crippen LogP contribution in [0.5, 0.6) is 0 Å². The predicted octanol–water partition coefficient (Wildman–Crippen LogP) is 2.13. The molecular formula is C12H20ClN3O2S. The lowest BCUT2D eigenvalue weighted by Crippen LogP contribution is -2.54. The van der Waals surface area contributed by atoms with Gasteiger partial charge in [0.25, 0.3) is 0 Å².